The Bertz CT molecular complexity index is 1070. The fraction of sp³-hybridized carbons (Fsp3) is 0.167. The molecule has 1 atom stereocenters. The van der Waals surface area contributed by atoms with Crippen LogP contribution in [0.4, 0.5) is 5.69 Å². The van der Waals surface area contributed by atoms with Crippen molar-refractivity contribution in [3.8, 4) is 17.2 Å². The van der Waals surface area contributed by atoms with Crippen molar-refractivity contribution < 1.29 is 19.4 Å². The van der Waals surface area contributed by atoms with Crippen molar-refractivity contribution >= 4 is 29.8 Å². The van der Waals surface area contributed by atoms with E-state index in [0.717, 1.165) is 5.56 Å². The fourth-order valence-electron chi connectivity index (χ4n) is 3.18. The number of nitrogen functional groups attached to an aromatic ring is 1. The molecule has 0 fully saturated rings. The Hall–Kier alpha value is -3.91. The van der Waals surface area contributed by atoms with Gasteiger partial charge in [0.15, 0.2) is 11.5 Å². The van der Waals surface area contributed by atoms with E-state index in [2.05, 4.69) is 10.6 Å². The van der Waals surface area contributed by atoms with Crippen LogP contribution in [0.25, 0.3) is 0 Å². The molecule has 0 aliphatic carbocycles. The molecule has 8 nitrogen and oxygen atoms in total. The Morgan fingerprint density at radius 3 is 2.12 bits per heavy atom. The minimum Gasteiger partial charge on any atom is -0.502 e. The quantitative estimate of drug-likeness (QED) is 0.240. The molecule has 0 unspecified atom stereocenters. The number of ether oxygens (including phenoxy) is 2. The van der Waals surface area contributed by atoms with Gasteiger partial charge in [-0.05, 0) is 47.5 Å². The first-order valence-electron chi connectivity index (χ1n) is 9.90. The number of hydrogen-bond donors (Lipinski definition) is 5. The lowest BCUT2D eigenvalue weighted by Gasteiger charge is -2.22. The van der Waals surface area contributed by atoms with Crippen molar-refractivity contribution in [2.45, 2.75) is 12.6 Å². The number of phenols is 1. The van der Waals surface area contributed by atoms with Gasteiger partial charge in [0.1, 0.15) is 11.9 Å². The molecule has 0 aromatic heterocycles. The average Bonchev–Trinajstić information content (AvgIpc) is 2.82. The zero-order valence-corrected chi connectivity index (χ0v) is 19.1. The lowest BCUT2D eigenvalue weighted by molar-refractivity contribution is -0.122. The second kappa shape index (κ2) is 11.6. The van der Waals surface area contributed by atoms with Crippen LogP contribution in [0.3, 0.4) is 0 Å². The highest BCUT2D eigenvalue weighted by atomic mass is 35.5. The molecule has 0 radical (unpaired) electrons. The number of benzene rings is 3. The normalized spacial score (nSPS) is 11.0. The van der Waals surface area contributed by atoms with E-state index in [1.54, 1.807) is 36.4 Å². The predicted octanol–water partition coefficient (Wildman–Crippen LogP) is 3.58. The third-order valence-corrected chi connectivity index (χ3v) is 4.91. The summed E-state index contributed by atoms with van der Waals surface area (Å²) in [5.74, 6) is -0.0862. The van der Waals surface area contributed by atoms with Gasteiger partial charge in [-0.15, -0.1) is 12.4 Å². The predicted molar refractivity (Wildman–Crippen MR) is 131 cm³/mol. The number of rotatable bonds is 9. The van der Waals surface area contributed by atoms with Gasteiger partial charge < -0.3 is 30.9 Å². The van der Waals surface area contributed by atoms with Crippen LogP contribution in [0.15, 0.2) is 66.7 Å². The van der Waals surface area contributed by atoms with Crippen LogP contribution in [0, 0.1) is 5.41 Å². The molecule has 6 N–H and O–H groups in total. The second-order valence-electron chi connectivity index (χ2n) is 7.05. The molecule has 0 aliphatic heterocycles. The summed E-state index contributed by atoms with van der Waals surface area (Å²) >= 11 is 0. The third-order valence-electron chi connectivity index (χ3n) is 4.91. The van der Waals surface area contributed by atoms with Crippen LogP contribution in [0.5, 0.6) is 17.2 Å². The van der Waals surface area contributed by atoms with E-state index < -0.39 is 6.04 Å². The third kappa shape index (κ3) is 6.30. The van der Waals surface area contributed by atoms with Crippen molar-refractivity contribution in [1.29, 1.82) is 5.41 Å². The zero-order chi connectivity index (χ0) is 23.1. The maximum atomic E-state index is 13.2. The molecule has 0 saturated carbocycles. The van der Waals surface area contributed by atoms with Crippen LogP contribution >= 0.6 is 12.4 Å². The number of aromatic hydroxyl groups is 1. The summed E-state index contributed by atoms with van der Waals surface area (Å²) in [5.41, 5.74) is 8.26. The molecule has 3 aromatic rings. The lowest BCUT2D eigenvalue weighted by Crippen LogP contribution is -2.33. The highest BCUT2D eigenvalue weighted by molar-refractivity contribution is 5.95. The Balaban J connectivity index is 0.00000385. The maximum Gasteiger partial charge on any atom is 0.247 e. The number of anilines is 1. The van der Waals surface area contributed by atoms with E-state index in [0.29, 0.717) is 23.4 Å². The monoisotopic (exact) mass is 470 g/mol. The average molecular weight is 471 g/mol. The summed E-state index contributed by atoms with van der Waals surface area (Å²) in [6.07, 6.45) is 0. The number of halogens is 1. The minimum atomic E-state index is -0.815. The van der Waals surface area contributed by atoms with Gasteiger partial charge in [-0.3, -0.25) is 10.2 Å². The Morgan fingerprint density at radius 2 is 1.61 bits per heavy atom. The molecule has 9 heteroatoms. The van der Waals surface area contributed by atoms with Crippen molar-refractivity contribution in [3.05, 3.63) is 83.4 Å². The van der Waals surface area contributed by atoms with Crippen LogP contribution in [-0.4, -0.2) is 31.1 Å². The van der Waals surface area contributed by atoms with Crippen LogP contribution < -0.4 is 25.8 Å². The highest BCUT2D eigenvalue weighted by Crippen LogP contribution is 2.39. The Kier molecular flexibility index (Phi) is 8.94. The molecule has 0 bridgehead atoms. The smallest absolute Gasteiger partial charge is 0.247 e. The van der Waals surface area contributed by atoms with E-state index in [-0.39, 0.29) is 41.4 Å². The fourth-order valence-corrected chi connectivity index (χ4v) is 3.18. The van der Waals surface area contributed by atoms with Gasteiger partial charge in [-0.2, -0.15) is 0 Å². The van der Waals surface area contributed by atoms with Gasteiger partial charge in [-0.25, -0.2) is 0 Å². The molecular weight excluding hydrogens is 444 g/mol. The maximum absolute atomic E-state index is 13.2. The van der Waals surface area contributed by atoms with Gasteiger partial charge in [0.05, 0.1) is 14.2 Å². The van der Waals surface area contributed by atoms with Crippen LogP contribution in [0.1, 0.15) is 22.7 Å². The minimum absolute atomic E-state index is 0. The van der Waals surface area contributed by atoms with Gasteiger partial charge in [0.25, 0.3) is 0 Å². The molecular formula is C24H27ClN4O4. The molecule has 0 saturated heterocycles. The van der Waals surface area contributed by atoms with E-state index in [1.165, 1.54) is 14.2 Å². The summed E-state index contributed by atoms with van der Waals surface area (Å²) in [7, 11) is 2.85. The standard InChI is InChI=1S/C24H26N4O4.ClH/c1-31-19-12-17(13-20(32-2)22(19)29)21(24(30)27-14-15-6-4-3-5-7-15)28-18-10-8-16(9-11-18)23(25)26;/h3-13,21,28-29H,14H2,1-2H3,(H3,25,26)(H,27,30);1H/t21-;/m0./s1. The molecule has 174 valence electrons. The van der Waals surface area contributed by atoms with E-state index in [9.17, 15) is 9.90 Å². The number of nitrogens with one attached hydrogen (secondary N) is 3. The highest BCUT2D eigenvalue weighted by Gasteiger charge is 2.24. The number of nitrogens with two attached hydrogens (primary N) is 1. The SMILES string of the molecule is COc1cc([C@H](Nc2ccc(C(=N)N)cc2)C(=O)NCc2ccccc2)cc(OC)c1O.Cl. The number of amidine groups is 1. The molecule has 1 amide bonds. The van der Waals surface area contributed by atoms with E-state index >= 15 is 0 Å². The second-order valence-corrected chi connectivity index (χ2v) is 7.05. The van der Waals surface area contributed by atoms with E-state index in [1.807, 2.05) is 30.3 Å². The van der Waals surface area contributed by atoms with Crippen molar-refractivity contribution in [2.75, 3.05) is 19.5 Å². The molecule has 33 heavy (non-hydrogen) atoms. The molecule has 3 rings (SSSR count). The van der Waals surface area contributed by atoms with Gasteiger partial charge >= 0.3 is 0 Å². The first kappa shape index (κ1) is 25.4. The zero-order valence-electron chi connectivity index (χ0n) is 18.3. The Labute approximate surface area is 198 Å². The molecule has 0 heterocycles. The summed E-state index contributed by atoms with van der Waals surface area (Å²) < 4.78 is 10.5. The summed E-state index contributed by atoms with van der Waals surface area (Å²) in [6, 6.07) is 18.8. The summed E-state index contributed by atoms with van der Waals surface area (Å²) in [4.78, 5) is 13.2. The van der Waals surface area contributed by atoms with Gasteiger partial charge in [0.2, 0.25) is 11.7 Å². The first-order valence-corrected chi connectivity index (χ1v) is 9.90. The Morgan fingerprint density at radius 1 is 1.03 bits per heavy atom. The molecule has 0 aliphatic rings. The van der Waals surface area contributed by atoms with E-state index in [4.69, 9.17) is 20.6 Å². The van der Waals surface area contributed by atoms with Crippen LogP contribution in [0.2, 0.25) is 0 Å². The summed E-state index contributed by atoms with van der Waals surface area (Å²) in [6.45, 7) is 0.355. The number of methoxy groups -OCH3 is 2. The molecule has 0 spiro atoms. The largest absolute Gasteiger partial charge is 0.502 e. The summed E-state index contributed by atoms with van der Waals surface area (Å²) in [5, 5.41) is 23.9. The van der Waals surface area contributed by atoms with Crippen molar-refractivity contribution in [3.63, 3.8) is 0 Å². The number of phenolic OH excluding ortho intramolecular Hbond substituents is 1. The van der Waals surface area contributed by atoms with Crippen molar-refractivity contribution in [2.24, 2.45) is 5.73 Å². The van der Waals surface area contributed by atoms with Crippen LogP contribution in [-0.2, 0) is 11.3 Å². The molecule has 3 aromatic carbocycles. The topological polar surface area (TPSA) is 130 Å². The number of carbonyl (C=O) groups is 1. The first-order chi connectivity index (χ1) is 15.4. The number of hydrogen-bond acceptors (Lipinski definition) is 6. The lowest BCUT2D eigenvalue weighted by atomic mass is 10.0. The van der Waals surface area contributed by atoms with Gasteiger partial charge in [0, 0.05) is 17.8 Å². The number of amides is 1. The van der Waals surface area contributed by atoms with Crippen molar-refractivity contribution in [1.82, 2.24) is 5.32 Å². The van der Waals surface area contributed by atoms with Gasteiger partial charge in [-0.1, -0.05) is 30.3 Å². The number of carbonyl (C=O) groups excluding carboxylic acids is 1.